The van der Waals surface area contributed by atoms with Gasteiger partial charge in [-0.3, -0.25) is 4.55 Å². The molecule has 1 aliphatic rings. The van der Waals surface area contributed by atoms with Crippen molar-refractivity contribution in [2.24, 2.45) is 0 Å². The number of hydrogen-bond donors (Lipinski definition) is 1. The summed E-state index contributed by atoms with van der Waals surface area (Å²) < 4.78 is 37.2. The zero-order valence-corrected chi connectivity index (χ0v) is 14.9. The second-order valence-corrected chi connectivity index (χ2v) is 7.82. The van der Waals surface area contributed by atoms with Gasteiger partial charge in [0.2, 0.25) is 0 Å². The fraction of sp³-hybridized carbons (Fsp3) is 0.333. The van der Waals surface area contributed by atoms with Crippen molar-refractivity contribution < 1.29 is 17.7 Å². The molecule has 2 aromatic carbocycles. The molecule has 24 heavy (non-hydrogen) atoms. The van der Waals surface area contributed by atoms with Crippen LogP contribution in [0.1, 0.15) is 23.1 Å². The number of anilines is 2. The summed E-state index contributed by atoms with van der Waals surface area (Å²) in [6, 6.07) is 9.99. The number of aryl methyl sites for hydroxylation is 3. The molecule has 1 aliphatic heterocycles. The smallest absolute Gasteiger partial charge is 0.264 e. The molecule has 3 rings (SSSR count). The van der Waals surface area contributed by atoms with E-state index < -0.39 is 10.1 Å². The molecule has 0 unspecified atom stereocenters. The van der Waals surface area contributed by atoms with Crippen LogP contribution >= 0.6 is 0 Å². The molecule has 0 atom stereocenters. The van der Waals surface area contributed by atoms with Crippen LogP contribution < -0.4 is 9.64 Å². The summed E-state index contributed by atoms with van der Waals surface area (Å²) in [5.41, 5.74) is 5.08. The van der Waals surface area contributed by atoms with Crippen LogP contribution in [0.2, 0.25) is 0 Å². The third-order valence-electron chi connectivity index (χ3n) is 4.16. The number of benzene rings is 2. The maximum atomic E-state index is 11.0. The molecular weight excluding hydrogens is 326 g/mol. The Labute approximate surface area is 142 Å². The van der Waals surface area contributed by atoms with Crippen LogP contribution in [-0.4, -0.2) is 25.3 Å². The highest BCUT2D eigenvalue weighted by Crippen LogP contribution is 2.49. The summed E-state index contributed by atoms with van der Waals surface area (Å²) in [5.74, 6) is 1.31. The molecule has 0 amide bonds. The average molecular weight is 347 g/mol. The molecular formula is C18H21NO4S. The van der Waals surface area contributed by atoms with E-state index >= 15 is 0 Å². The van der Waals surface area contributed by atoms with Gasteiger partial charge in [0.25, 0.3) is 10.1 Å². The molecule has 0 radical (unpaired) electrons. The summed E-state index contributed by atoms with van der Waals surface area (Å²) in [4.78, 5) is 2.08. The Kier molecular flexibility index (Phi) is 4.27. The minimum Gasteiger partial charge on any atom is -0.453 e. The lowest BCUT2D eigenvalue weighted by atomic mass is 10.0. The van der Waals surface area contributed by atoms with Gasteiger partial charge in [-0.1, -0.05) is 18.2 Å². The van der Waals surface area contributed by atoms with Gasteiger partial charge in [0, 0.05) is 6.54 Å². The van der Waals surface area contributed by atoms with Crippen molar-refractivity contribution in [2.45, 2.75) is 27.2 Å². The zero-order chi connectivity index (χ0) is 17.5. The van der Waals surface area contributed by atoms with Crippen LogP contribution in [0.5, 0.6) is 11.5 Å². The fourth-order valence-corrected chi connectivity index (χ4v) is 3.69. The van der Waals surface area contributed by atoms with Gasteiger partial charge in [-0.05, 0) is 56.0 Å². The number of hydrogen-bond acceptors (Lipinski definition) is 4. The molecule has 1 heterocycles. The lowest BCUT2D eigenvalue weighted by molar-refractivity contribution is 0.467. The quantitative estimate of drug-likeness (QED) is 0.842. The Balaban J connectivity index is 2.05. The number of para-hydroxylation sites is 1. The first-order valence-electron chi connectivity index (χ1n) is 7.87. The number of fused-ring (bicyclic) bond motifs is 2. The monoisotopic (exact) mass is 347 g/mol. The first-order chi connectivity index (χ1) is 11.3. The summed E-state index contributed by atoms with van der Waals surface area (Å²) >= 11 is 0. The average Bonchev–Trinajstić information content (AvgIpc) is 2.46. The van der Waals surface area contributed by atoms with Crippen LogP contribution in [0.15, 0.2) is 30.3 Å². The summed E-state index contributed by atoms with van der Waals surface area (Å²) in [5, 5.41) is 0. The Morgan fingerprint density at radius 2 is 1.88 bits per heavy atom. The first kappa shape index (κ1) is 16.8. The van der Waals surface area contributed by atoms with Crippen LogP contribution in [0.25, 0.3) is 0 Å². The van der Waals surface area contributed by atoms with Crippen molar-refractivity contribution in [2.75, 3.05) is 17.2 Å². The van der Waals surface area contributed by atoms with E-state index in [1.54, 1.807) is 0 Å². The molecule has 1 N–H and O–H groups in total. The van der Waals surface area contributed by atoms with E-state index in [9.17, 15) is 8.42 Å². The maximum Gasteiger partial charge on any atom is 0.264 e. The maximum absolute atomic E-state index is 11.0. The van der Waals surface area contributed by atoms with E-state index in [1.807, 2.05) is 45.0 Å². The Bertz CT molecular complexity index is 890. The standard InChI is InChI=1S/C18H21NO4S/c1-12-10-14(3)17-16(11-12)23-18-13(2)6-4-7-15(18)19(17)8-5-9-24(20,21)22/h4,6-7,10-11H,5,8-9H2,1-3H3,(H,20,21,22). The topological polar surface area (TPSA) is 66.8 Å². The van der Waals surface area contributed by atoms with Gasteiger partial charge in [-0.25, -0.2) is 0 Å². The van der Waals surface area contributed by atoms with Gasteiger partial charge in [-0.15, -0.1) is 0 Å². The van der Waals surface area contributed by atoms with Crippen LogP contribution in [0.3, 0.4) is 0 Å². The van der Waals surface area contributed by atoms with Crippen molar-refractivity contribution in [3.05, 3.63) is 47.0 Å². The van der Waals surface area contributed by atoms with Crippen molar-refractivity contribution >= 4 is 21.5 Å². The minimum absolute atomic E-state index is 0.258. The molecule has 0 aromatic heterocycles. The number of rotatable bonds is 4. The molecule has 5 nitrogen and oxygen atoms in total. The molecule has 0 spiro atoms. The van der Waals surface area contributed by atoms with E-state index in [4.69, 9.17) is 9.29 Å². The first-order valence-corrected chi connectivity index (χ1v) is 9.48. The van der Waals surface area contributed by atoms with Gasteiger partial charge in [0.05, 0.1) is 17.1 Å². The highest BCUT2D eigenvalue weighted by Gasteiger charge is 2.27. The predicted molar refractivity (Wildman–Crippen MR) is 95.2 cm³/mol. The predicted octanol–water partition coefficient (Wildman–Crippen LogP) is 4.13. The van der Waals surface area contributed by atoms with Crippen molar-refractivity contribution in [1.82, 2.24) is 0 Å². The Morgan fingerprint density at radius 3 is 2.58 bits per heavy atom. The lowest BCUT2D eigenvalue weighted by Gasteiger charge is -2.35. The van der Waals surface area contributed by atoms with Crippen molar-refractivity contribution in [3.63, 3.8) is 0 Å². The fourth-order valence-electron chi connectivity index (χ4n) is 3.19. The molecule has 0 aliphatic carbocycles. The van der Waals surface area contributed by atoms with Gasteiger partial charge in [0.15, 0.2) is 11.5 Å². The SMILES string of the molecule is Cc1cc(C)c2c(c1)Oc1c(C)cccc1N2CCCS(=O)(=O)O. The van der Waals surface area contributed by atoms with Crippen molar-refractivity contribution in [3.8, 4) is 11.5 Å². The molecule has 2 aromatic rings. The van der Waals surface area contributed by atoms with Gasteiger partial charge < -0.3 is 9.64 Å². The van der Waals surface area contributed by atoms with Crippen LogP contribution in [0, 0.1) is 20.8 Å². The van der Waals surface area contributed by atoms with E-state index in [-0.39, 0.29) is 5.75 Å². The zero-order valence-electron chi connectivity index (χ0n) is 14.0. The van der Waals surface area contributed by atoms with Gasteiger partial charge in [0.1, 0.15) is 0 Å². The second kappa shape index (κ2) is 6.11. The normalized spacial score (nSPS) is 13.2. The third kappa shape index (κ3) is 3.25. The molecule has 128 valence electrons. The van der Waals surface area contributed by atoms with E-state index in [0.29, 0.717) is 13.0 Å². The molecule has 6 heteroatoms. The van der Waals surface area contributed by atoms with Gasteiger partial charge >= 0.3 is 0 Å². The summed E-state index contributed by atoms with van der Waals surface area (Å²) in [6.07, 6.45) is 0.332. The third-order valence-corrected chi connectivity index (χ3v) is 4.96. The highest BCUT2D eigenvalue weighted by atomic mass is 32.2. The van der Waals surface area contributed by atoms with Crippen molar-refractivity contribution in [1.29, 1.82) is 0 Å². The Hall–Kier alpha value is -2.05. The number of nitrogens with zero attached hydrogens (tertiary/aromatic N) is 1. The van der Waals surface area contributed by atoms with E-state index in [0.717, 1.165) is 39.6 Å². The van der Waals surface area contributed by atoms with E-state index in [1.165, 1.54) is 0 Å². The molecule has 0 bridgehead atoms. The number of ether oxygens (including phenoxy) is 1. The Morgan fingerprint density at radius 1 is 1.12 bits per heavy atom. The largest absolute Gasteiger partial charge is 0.453 e. The van der Waals surface area contributed by atoms with Gasteiger partial charge in [-0.2, -0.15) is 8.42 Å². The van der Waals surface area contributed by atoms with Crippen LogP contribution in [-0.2, 0) is 10.1 Å². The van der Waals surface area contributed by atoms with E-state index in [2.05, 4.69) is 11.0 Å². The minimum atomic E-state index is -3.96. The summed E-state index contributed by atoms with van der Waals surface area (Å²) in [7, 11) is -3.96. The summed E-state index contributed by atoms with van der Waals surface area (Å²) in [6.45, 7) is 6.51. The second-order valence-electron chi connectivity index (χ2n) is 6.25. The molecule has 0 saturated carbocycles. The van der Waals surface area contributed by atoms with Crippen LogP contribution in [0.4, 0.5) is 11.4 Å². The lowest BCUT2D eigenvalue weighted by Crippen LogP contribution is -2.25. The highest BCUT2D eigenvalue weighted by molar-refractivity contribution is 7.85. The molecule has 0 saturated heterocycles. The molecule has 0 fully saturated rings.